The van der Waals surface area contributed by atoms with Gasteiger partial charge in [-0.3, -0.25) is 4.72 Å². The second-order valence-corrected chi connectivity index (χ2v) is 7.55. The Balaban J connectivity index is 1.99. The topological polar surface area (TPSA) is 46.2 Å². The molecule has 1 saturated carbocycles. The predicted octanol–water partition coefficient (Wildman–Crippen LogP) is 3.90. The van der Waals surface area contributed by atoms with Gasteiger partial charge in [0.25, 0.3) is 0 Å². The van der Waals surface area contributed by atoms with Gasteiger partial charge in [0.15, 0.2) is 0 Å². The van der Waals surface area contributed by atoms with Crippen LogP contribution in [0.1, 0.15) is 37.7 Å². The van der Waals surface area contributed by atoms with E-state index in [9.17, 15) is 8.42 Å². The zero-order valence-electron chi connectivity index (χ0n) is 10.9. The quantitative estimate of drug-likeness (QED) is 0.822. The first-order valence-corrected chi connectivity index (χ1v) is 9.52. The second kappa shape index (κ2) is 6.75. The van der Waals surface area contributed by atoms with Crippen LogP contribution in [0.15, 0.2) is 24.3 Å². The minimum absolute atomic E-state index is 0.255. The molecule has 106 valence electrons. The number of halogens is 1. The molecular formula is C14H20BrNO2S. The fourth-order valence-electron chi connectivity index (χ4n) is 2.60. The summed E-state index contributed by atoms with van der Waals surface area (Å²) in [5, 5.41) is 0.727. The summed E-state index contributed by atoms with van der Waals surface area (Å²) in [5.74, 6) is 0.580. The molecule has 3 nitrogen and oxygen atoms in total. The molecule has 0 aliphatic heterocycles. The van der Waals surface area contributed by atoms with E-state index in [1.165, 1.54) is 19.3 Å². The molecule has 2 rings (SSSR count). The monoisotopic (exact) mass is 345 g/mol. The number of anilines is 1. The Morgan fingerprint density at radius 3 is 2.63 bits per heavy atom. The summed E-state index contributed by atoms with van der Waals surface area (Å²) in [6.07, 6.45) is 5.67. The van der Waals surface area contributed by atoms with Crippen molar-refractivity contribution in [1.29, 1.82) is 0 Å². The van der Waals surface area contributed by atoms with Crippen LogP contribution in [0.4, 0.5) is 5.69 Å². The number of benzene rings is 1. The van der Waals surface area contributed by atoms with Gasteiger partial charge in [-0.1, -0.05) is 47.3 Å². The van der Waals surface area contributed by atoms with Crippen LogP contribution >= 0.6 is 15.9 Å². The average Bonchev–Trinajstić information content (AvgIpc) is 2.39. The number of rotatable bonds is 5. The van der Waals surface area contributed by atoms with E-state index in [0.29, 0.717) is 11.6 Å². The summed E-state index contributed by atoms with van der Waals surface area (Å²) in [7, 11) is -3.22. The Hall–Kier alpha value is -0.550. The number of nitrogens with one attached hydrogen (secondary N) is 1. The van der Waals surface area contributed by atoms with Crippen molar-refractivity contribution in [2.45, 2.75) is 37.4 Å². The lowest BCUT2D eigenvalue weighted by Gasteiger charge is -2.21. The molecule has 1 fully saturated rings. The van der Waals surface area contributed by atoms with Crippen LogP contribution in [-0.4, -0.2) is 14.2 Å². The summed E-state index contributed by atoms with van der Waals surface area (Å²) in [6.45, 7) is 0. The lowest BCUT2D eigenvalue weighted by molar-refractivity contribution is 0.385. The molecule has 0 unspecified atom stereocenters. The third-order valence-electron chi connectivity index (χ3n) is 3.53. The van der Waals surface area contributed by atoms with Gasteiger partial charge >= 0.3 is 0 Å². The molecule has 0 saturated heterocycles. The first-order chi connectivity index (χ1) is 9.09. The minimum atomic E-state index is -3.22. The van der Waals surface area contributed by atoms with Crippen molar-refractivity contribution in [2.24, 2.45) is 5.92 Å². The second-order valence-electron chi connectivity index (χ2n) is 5.22. The highest BCUT2D eigenvalue weighted by atomic mass is 79.9. The first kappa shape index (κ1) is 14.9. The summed E-state index contributed by atoms with van der Waals surface area (Å²) in [6, 6.07) is 7.50. The Bertz CT molecular complexity index is 510. The Morgan fingerprint density at radius 1 is 1.21 bits per heavy atom. The number of sulfonamides is 1. The average molecular weight is 346 g/mol. The molecule has 1 aromatic rings. The van der Waals surface area contributed by atoms with Gasteiger partial charge in [-0.2, -0.15) is 0 Å². The van der Waals surface area contributed by atoms with Crippen molar-refractivity contribution in [3.63, 3.8) is 0 Å². The van der Waals surface area contributed by atoms with Crippen LogP contribution in [0.2, 0.25) is 0 Å². The normalized spacial score (nSPS) is 17.3. The lowest BCUT2D eigenvalue weighted by Crippen LogP contribution is -2.24. The summed E-state index contributed by atoms with van der Waals surface area (Å²) >= 11 is 3.37. The third-order valence-corrected chi connectivity index (χ3v) is 5.64. The van der Waals surface area contributed by atoms with E-state index < -0.39 is 10.0 Å². The van der Waals surface area contributed by atoms with E-state index in [4.69, 9.17) is 0 Å². The predicted molar refractivity (Wildman–Crippen MR) is 83.1 cm³/mol. The van der Waals surface area contributed by atoms with Crippen LogP contribution in [0.25, 0.3) is 0 Å². The lowest BCUT2D eigenvalue weighted by atomic mass is 9.91. The summed E-state index contributed by atoms with van der Waals surface area (Å²) in [5.41, 5.74) is 1.73. The van der Waals surface area contributed by atoms with Crippen LogP contribution in [0.5, 0.6) is 0 Å². The van der Waals surface area contributed by atoms with E-state index in [0.717, 1.165) is 23.7 Å². The van der Waals surface area contributed by atoms with Gasteiger partial charge in [-0.15, -0.1) is 0 Å². The highest BCUT2D eigenvalue weighted by Gasteiger charge is 2.21. The highest BCUT2D eigenvalue weighted by Crippen LogP contribution is 2.25. The Labute approximate surface area is 124 Å². The minimum Gasteiger partial charge on any atom is -0.284 e. The molecule has 5 heteroatoms. The van der Waals surface area contributed by atoms with Crippen molar-refractivity contribution >= 4 is 31.6 Å². The molecule has 0 heterocycles. The summed E-state index contributed by atoms with van der Waals surface area (Å²) < 4.78 is 27.0. The Kier molecular flexibility index (Phi) is 5.28. The largest absolute Gasteiger partial charge is 0.284 e. The molecule has 0 spiro atoms. The fourth-order valence-corrected chi connectivity index (χ4v) is 4.48. The molecule has 0 aromatic heterocycles. The Morgan fingerprint density at radius 2 is 1.95 bits per heavy atom. The van der Waals surface area contributed by atoms with Gasteiger partial charge < -0.3 is 0 Å². The van der Waals surface area contributed by atoms with Crippen LogP contribution < -0.4 is 4.72 Å². The van der Waals surface area contributed by atoms with Crippen LogP contribution in [-0.2, 0) is 15.4 Å². The first-order valence-electron chi connectivity index (χ1n) is 6.74. The molecule has 1 aromatic carbocycles. The molecule has 1 aliphatic rings. The van der Waals surface area contributed by atoms with Gasteiger partial charge in [0, 0.05) is 11.0 Å². The summed E-state index contributed by atoms with van der Waals surface area (Å²) in [4.78, 5) is 0. The maximum Gasteiger partial charge on any atom is 0.232 e. The van der Waals surface area contributed by atoms with E-state index in [-0.39, 0.29) is 5.75 Å². The van der Waals surface area contributed by atoms with E-state index in [1.54, 1.807) is 6.07 Å². The highest BCUT2D eigenvalue weighted by molar-refractivity contribution is 9.08. The fraction of sp³-hybridized carbons (Fsp3) is 0.571. The zero-order chi connectivity index (χ0) is 13.7. The molecule has 0 amide bonds. The van der Waals surface area contributed by atoms with Crippen LogP contribution in [0.3, 0.4) is 0 Å². The van der Waals surface area contributed by atoms with Crippen molar-refractivity contribution in [3.05, 3.63) is 29.8 Å². The maximum absolute atomic E-state index is 12.1. The molecule has 0 atom stereocenters. The van der Waals surface area contributed by atoms with Gasteiger partial charge in [-0.25, -0.2) is 8.42 Å². The SMILES string of the molecule is O=S(=O)(CC1CCCCC1)Nc1cccc(CBr)c1. The number of hydrogen-bond acceptors (Lipinski definition) is 2. The van der Waals surface area contributed by atoms with Gasteiger partial charge in [0.05, 0.1) is 5.75 Å². The van der Waals surface area contributed by atoms with E-state index in [1.807, 2.05) is 18.2 Å². The molecule has 19 heavy (non-hydrogen) atoms. The smallest absolute Gasteiger partial charge is 0.232 e. The van der Waals surface area contributed by atoms with E-state index >= 15 is 0 Å². The molecular weight excluding hydrogens is 326 g/mol. The number of alkyl halides is 1. The zero-order valence-corrected chi connectivity index (χ0v) is 13.3. The van der Waals surface area contributed by atoms with Crippen molar-refractivity contribution in [3.8, 4) is 0 Å². The van der Waals surface area contributed by atoms with Crippen LogP contribution in [0, 0.1) is 5.92 Å². The van der Waals surface area contributed by atoms with Gasteiger partial charge in [0.1, 0.15) is 0 Å². The molecule has 1 aliphatic carbocycles. The van der Waals surface area contributed by atoms with E-state index in [2.05, 4.69) is 20.7 Å². The van der Waals surface area contributed by atoms with Crippen molar-refractivity contribution in [2.75, 3.05) is 10.5 Å². The molecule has 1 N–H and O–H groups in total. The van der Waals surface area contributed by atoms with Crippen molar-refractivity contribution < 1.29 is 8.42 Å². The maximum atomic E-state index is 12.1. The third kappa shape index (κ3) is 4.80. The van der Waals surface area contributed by atoms with Gasteiger partial charge in [-0.05, 0) is 36.5 Å². The standard InChI is InChI=1S/C14H20BrNO2S/c15-10-13-7-4-8-14(9-13)16-19(17,18)11-12-5-2-1-3-6-12/h4,7-9,12,16H,1-3,5-6,10-11H2. The molecule has 0 bridgehead atoms. The van der Waals surface area contributed by atoms with Crippen molar-refractivity contribution in [1.82, 2.24) is 0 Å². The molecule has 0 radical (unpaired) electrons. The van der Waals surface area contributed by atoms with Gasteiger partial charge in [0.2, 0.25) is 10.0 Å². The number of hydrogen-bond donors (Lipinski definition) is 1.